The van der Waals surface area contributed by atoms with Crippen LogP contribution in [-0.4, -0.2) is 61.3 Å². The van der Waals surface area contributed by atoms with Gasteiger partial charge in [0.25, 0.3) is 0 Å². The molecule has 1 aromatic carbocycles. The van der Waals surface area contributed by atoms with Crippen molar-refractivity contribution in [3.8, 4) is 5.75 Å². The number of nitrogens with two attached hydrogens (primary N) is 2. The van der Waals surface area contributed by atoms with E-state index < -0.39 is 54.2 Å². The van der Waals surface area contributed by atoms with E-state index in [9.17, 15) is 14.4 Å². The van der Waals surface area contributed by atoms with E-state index in [4.69, 9.17) is 25.5 Å². The molecule has 1 fully saturated rings. The highest BCUT2D eigenvalue weighted by Crippen LogP contribution is 2.37. The normalized spacial score (nSPS) is 18.5. The molecule has 10 nitrogen and oxygen atoms in total. The zero-order valence-electron chi connectivity index (χ0n) is 24.9. The zero-order valence-corrected chi connectivity index (χ0v) is 24.9. The first-order valence-corrected chi connectivity index (χ1v) is 13.7. The molecule has 0 saturated carbocycles. The Morgan fingerprint density at radius 2 is 1.44 bits per heavy atom. The van der Waals surface area contributed by atoms with E-state index in [0.717, 1.165) is 5.56 Å². The van der Waals surface area contributed by atoms with Gasteiger partial charge >= 0.3 is 7.12 Å². The fourth-order valence-corrected chi connectivity index (χ4v) is 4.38. The summed E-state index contributed by atoms with van der Waals surface area (Å²) in [5, 5.41) is 5.48. The molecule has 0 spiro atoms. The molecule has 3 atom stereocenters. The highest BCUT2D eigenvalue weighted by Gasteiger charge is 2.52. The van der Waals surface area contributed by atoms with E-state index in [1.807, 2.05) is 67.5 Å². The molecule has 6 N–H and O–H groups in total. The largest absolute Gasteiger partial charge is 0.498 e. The lowest BCUT2D eigenvalue weighted by atomic mass is 9.77. The minimum absolute atomic E-state index is 0.110. The zero-order chi connectivity index (χ0) is 29.7. The van der Waals surface area contributed by atoms with Gasteiger partial charge in [0.15, 0.2) is 0 Å². The fraction of sp³-hybridized carbons (Fsp3) is 0.679. The van der Waals surface area contributed by atoms with E-state index in [2.05, 4.69) is 10.6 Å². The van der Waals surface area contributed by atoms with Crippen LogP contribution in [0.3, 0.4) is 0 Å². The minimum atomic E-state index is -0.922. The van der Waals surface area contributed by atoms with Gasteiger partial charge in [0.05, 0.1) is 24.4 Å². The summed E-state index contributed by atoms with van der Waals surface area (Å²) in [4.78, 5) is 38.0. The maximum atomic E-state index is 13.1. The number of hydrogen-bond donors (Lipinski definition) is 4. The molecule has 1 aliphatic rings. The Labute approximate surface area is 233 Å². The highest BCUT2D eigenvalue weighted by atomic mass is 16.7. The van der Waals surface area contributed by atoms with Gasteiger partial charge in [-0.3, -0.25) is 14.4 Å². The number of nitrogens with one attached hydrogen (secondary N) is 2. The number of hydrogen-bond acceptors (Lipinski definition) is 7. The predicted octanol–water partition coefficient (Wildman–Crippen LogP) is 1.41. The number of carbonyl (C=O) groups is 3. The lowest BCUT2D eigenvalue weighted by molar-refractivity contribution is -0.132. The van der Waals surface area contributed by atoms with Crippen LogP contribution >= 0.6 is 0 Å². The van der Waals surface area contributed by atoms with E-state index in [1.165, 1.54) is 0 Å². The van der Waals surface area contributed by atoms with Gasteiger partial charge in [-0.15, -0.1) is 0 Å². The Bertz CT molecular complexity index is 1010. The van der Waals surface area contributed by atoms with Gasteiger partial charge in [-0.2, -0.15) is 0 Å². The second-order valence-corrected chi connectivity index (χ2v) is 12.3. The fourth-order valence-electron chi connectivity index (χ4n) is 4.38. The molecule has 218 valence electrons. The molecule has 11 heteroatoms. The van der Waals surface area contributed by atoms with Gasteiger partial charge in [0.2, 0.25) is 17.7 Å². The Morgan fingerprint density at radius 1 is 0.923 bits per heavy atom. The number of rotatable bonds is 13. The monoisotopic (exact) mass is 546 g/mol. The van der Waals surface area contributed by atoms with Gasteiger partial charge in [0, 0.05) is 5.46 Å². The standard InChI is InChI=1S/C28H47BN4O6/c1-16(2)12-21(24(31)34)32-26(36)22(13-17(3)4)33-25(35)20(30)15-18-10-11-23(37-9)19(14-18)29-38-27(5,6)28(7,8)39-29/h10-11,14,16-17,20-22H,12-13,15,30H2,1-9H3,(H2,31,34)(H,32,36)(H,33,35)/t20-,21-,22-/m0/s1. The molecule has 1 aromatic rings. The van der Waals surface area contributed by atoms with Crippen molar-refractivity contribution in [2.24, 2.45) is 23.3 Å². The third-order valence-electron chi connectivity index (χ3n) is 7.30. The first kappa shape index (κ1) is 32.6. The first-order valence-electron chi connectivity index (χ1n) is 13.7. The lowest BCUT2D eigenvalue weighted by Gasteiger charge is -2.32. The number of methoxy groups -OCH3 is 1. The topological polar surface area (TPSA) is 155 Å². The van der Waals surface area contributed by atoms with Crippen LogP contribution in [-0.2, 0) is 30.1 Å². The Kier molecular flexibility index (Phi) is 11.0. The summed E-state index contributed by atoms with van der Waals surface area (Å²) in [5.41, 5.74) is 12.2. The highest BCUT2D eigenvalue weighted by molar-refractivity contribution is 6.63. The van der Waals surface area contributed by atoms with Crippen LogP contribution in [0.15, 0.2) is 18.2 Å². The molecule has 1 aliphatic heterocycles. The summed E-state index contributed by atoms with van der Waals surface area (Å²) in [5.74, 6) is -0.668. The third kappa shape index (κ3) is 8.68. The number of carbonyl (C=O) groups excluding carboxylic acids is 3. The molecule has 0 aromatic heterocycles. The Balaban J connectivity index is 2.16. The van der Waals surface area contributed by atoms with Crippen molar-refractivity contribution in [2.45, 2.75) is 104 Å². The number of ether oxygens (including phenoxy) is 1. The van der Waals surface area contributed by atoms with Crippen molar-refractivity contribution >= 4 is 30.3 Å². The Morgan fingerprint density at radius 3 is 1.92 bits per heavy atom. The van der Waals surface area contributed by atoms with Crippen molar-refractivity contribution in [3.63, 3.8) is 0 Å². The molecular weight excluding hydrogens is 499 g/mol. The molecule has 3 amide bonds. The van der Waals surface area contributed by atoms with Gasteiger partial charge < -0.3 is 36.1 Å². The van der Waals surface area contributed by atoms with Crippen LogP contribution in [0, 0.1) is 11.8 Å². The SMILES string of the molecule is COc1ccc(C[C@H](N)C(=O)N[C@@H](CC(C)C)C(=O)N[C@@H](CC(C)C)C(N)=O)cc1B1OC(C)(C)C(C)(C)O1. The summed E-state index contributed by atoms with van der Waals surface area (Å²) in [7, 11) is 0.936. The van der Waals surface area contributed by atoms with Crippen LogP contribution in [0.25, 0.3) is 0 Å². The van der Waals surface area contributed by atoms with E-state index >= 15 is 0 Å². The van der Waals surface area contributed by atoms with Gasteiger partial charge in [-0.1, -0.05) is 39.8 Å². The molecule has 0 unspecified atom stereocenters. The first-order chi connectivity index (χ1) is 18.0. The maximum absolute atomic E-state index is 13.1. The van der Waals surface area contributed by atoms with Gasteiger partial charge in [-0.25, -0.2) is 0 Å². The molecule has 1 heterocycles. The summed E-state index contributed by atoms with van der Waals surface area (Å²) >= 11 is 0. The average molecular weight is 547 g/mol. The van der Waals surface area contributed by atoms with Crippen molar-refractivity contribution in [2.75, 3.05) is 7.11 Å². The van der Waals surface area contributed by atoms with E-state index in [1.54, 1.807) is 13.2 Å². The molecule has 0 bridgehead atoms. The van der Waals surface area contributed by atoms with Crippen LogP contribution in [0.2, 0.25) is 0 Å². The summed E-state index contributed by atoms with van der Waals surface area (Å²) in [6.45, 7) is 15.7. The maximum Gasteiger partial charge on any atom is 0.498 e. The van der Waals surface area contributed by atoms with Gasteiger partial charge in [0.1, 0.15) is 17.8 Å². The molecule has 1 saturated heterocycles. The second-order valence-electron chi connectivity index (χ2n) is 12.3. The molecule has 0 aliphatic carbocycles. The van der Waals surface area contributed by atoms with E-state index in [0.29, 0.717) is 24.1 Å². The number of primary amides is 1. The number of benzene rings is 1. The molecular formula is C28H47BN4O6. The molecule has 2 rings (SSSR count). The van der Waals surface area contributed by atoms with Crippen LogP contribution < -0.4 is 32.3 Å². The van der Waals surface area contributed by atoms with Crippen molar-refractivity contribution < 1.29 is 28.4 Å². The van der Waals surface area contributed by atoms with Gasteiger partial charge in [-0.05, 0) is 70.4 Å². The summed E-state index contributed by atoms with van der Waals surface area (Å²) in [6.07, 6.45) is 1.01. The summed E-state index contributed by atoms with van der Waals surface area (Å²) in [6, 6.07) is 2.92. The lowest BCUT2D eigenvalue weighted by Crippen LogP contribution is -2.56. The minimum Gasteiger partial charge on any atom is -0.497 e. The smallest absolute Gasteiger partial charge is 0.497 e. The predicted molar refractivity (Wildman–Crippen MR) is 152 cm³/mol. The number of amides is 3. The molecule has 0 radical (unpaired) electrons. The van der Waals surface area contributed by atoms with Crippen molar-refractivity contribution in [1.29, 1.82) is 0 Å². The van der Waals surface area contributed by atoms with E-state index in [-0.39, 0.29) is 18.3 Å². The van der Waals surface area contributed by atoms with Crippen molar-refractivity contribution in [3.05, 3.63) is 23.8 Å². The van der Waals surface area contributed by atoms with Crippen LogP contribution in [0.4, 0.5) is 0 Å². The second kappa shape index (κ2) is 13.2. The molecule has 39 heavy (non-hydrogen) atoms. The average Bonchev–Trinajstić information content (AvgIpc) is 3.03. The quantitative estimate of drug-likeness (QED) is 0.273. The summed E-state index contributed by atoms with van der Waals surface area (Å²) < 4.78 is 17.9. The Hall–Kier alpha value is -2.63. The third-order valence-corrected chi connectivity index (χ3v) is 7.30. The van der Waals surface area contributed by atoms with Crippen molar-refractivity contribution in [1.82, 2.24) is 10.6 Å². The van der Waals surface area contributed by atoms with Crippen LogP contribution in [0.5, 0.6) is 5.75 Å². The van der Waals surface area contributed by atoms with Crippen LogP contribution in [0.1, 0.15) is 73.8 Å².